The summed E-state index contributed by atoms with van der Waals surface area (Å²) in [4.78, 5) is 31.8. The Hall–Kier alpha value is -3.19. The number of fused-ring (bicyclic) bond motifs is 1. The maximum atomic E-state index is 13.0. The standard InChI is InChI=1S/C24H24N4O2S/c1-16-15-27(24(30)13-17-14-25-19-6-3-2-5-18(17)19)11-10-21(16)28-23(29)9-8-20(26-28)22-7-4-12-31-22/h2-9,12,14,16,21,25H,10-11,13,15H2,1H3/t16-,21+/m1/s1. The summed E-state index contributed by atoms with van der Waals surface area (Å²) in [5, 5.41) is 7.76. The van der Waals surface area contributed by atoms with Gasteiger partial charge in [-0.2, -0.15) is 5.10 Å². The largest absolute Gasteiger partial charge is 0.361 e. The molecule has 0 aliphatic carbocycles. The Kier molecular flexibility index (Phi) is 5.19. The van der Waals surface area contributed by atoms with Crippen LogP contribution in [0.4, 0.5) is 0 Å². The van der Waals surface area contributed by atoms with Crippen LogP contribution in [0.15, 0.2) is 64.9 Å². The van der Waals surface area contributed by atoms with Crippen LogP contribution in [0.1, 0.15) is 24.9 Å². The quantitative estimate of drug-likeness (QED) is 0.528. The number of nitrogens with zero attached hydrogens (tertiary/aromatic N) is 3. The maximum absolute atomic E-state index is 13.0. The van der Waals surface area contributed by atoms with Gasteiger partial charge in [0.1, 0.15) is 5.69 Å². The molecule has 1 aliphatic rings. The zero-order valence-corrected chi connectivity index (χ0v) is 18.1. The van der Waals surface area contributed by atoms with Crippen molar-refractivity contribution in [3.05, 3.63) is 76.0 Å². The molecular formula is C24H24N4O2S. The number of aromatic amines is 1. The number of likely N-dealkylation sites (tertiary alicyclic amines) is 1. The van der Waals surface area contributed by atoms with Crippen molar-refractivity contribution in [3.63, 3.8) is 0 Å². The summed E-state index contributed by atoms with van der Waals surface area (Å²) in [6.07, 6.45) is 3.04. The van der Waals surface area contributed by atoms with Crippen molar-refractivity contribution < 1.29 is 4.79 Å². The first kappa shape index (κ1) is 19.8. The van der Waals surface area contributed by atoms with Crippen LogP contribution in [0.3, 0.4) is 0 Å². The number of benzene rings is 1. The SMILES string of the molecule is C[C@@H]1CN(C(=O)Cc2c[nH]c3ccccc23)CC[C@@H]1n1nc(-c2cccs2)ccc1=O. The summed E-state index contributed by atoms with van der Waals surface area (Å²) >= 11 is 1.61. The van der Waals surface area contributed by atoms with E-state index in [1.165, 1.54) is 0 Å². The number of para-hydroxylation sites is 1. The first-order valence-electron chi connectivity index (χ1n) is 10.6. The lowest BCUT2D eigenvalue weighted by atomic mass is 9.93. The van der Waals surface area contributed by atoms with Crippen molar-refractivity contribution in [1.82, 2.24) is 19.7 Å². The van der Waals surface area contributed by atoms with Gasteiger partial charge in [0.05, 0.1) is 17.3 Å². The lowest BCUT2D eigenvalue weighted by molar-refractivity contribution is -0.132. The number of carbonyl (C=O) groups is 1. The van der Waals surface area contributed by atoms with E-state index < -0.39 is 0 Å². The minimum absolute atomic E-state index is 0.00967. The summed E-state index contributed by atoms with van der Waals surface area (Å²) in [5.74, 6) is 0.271. The Balaban J connectivity index is 1.31. The summed E-state index contributed by atoms with van der Waals surface area (Å²) in [6, 6.07) is 15.4. The molecule has 5 rings (SSSR count). The van der Waals surface area contributed by atoms with Gasteiger partial charge in [-0.15, -0.1) is 11.3 Å². The van der Waals surface area contributed by atoms with Gasteiger partial charge in [0.15, 0.2) is 0 Å². The van der Waals surface area contributed by atoms with Crippen LogP contribution in [-0.4, -0.2) is 38.7 Å². The number of piperidine rings is 1. The first-order valence-corrected chi connectivity index (χ1v) is 11.4. The van der Waals surface area contributed by atoms with Gasteiger partial charge in [-0.25, -0.2) is 4.68 Å². The highest BCUT2D eigenvalue weighted by molar-refractivity contribution is 7.13. The van der Waals surface area contributed by atoms with Crippen molar-refractivity contribution in [1.29, 1.82) is 0 Å². The molecule has 1 aromatic carbocycles. The minimum Gasteiger partial charge on any atom is -0.361 e. The van der Waals surface area contributed by atoms with Crippen LogP contribution >= 0.6 is 11.3 Å². The van der Waals surface area contributed by atoms with E-state index in [0.717, 1.165) is 33.5 Å². The lowest BCUT2D eigenvalue weighted by Crippen LogP contribution is -2.46. The molecule has 3 aromatic heterocycles. The van der Waals surface area contributed by atoms with Crippen molar-refractivity contribution in [2.45, 2.75) is 25.8 Å². The molecule has 1 fully saturated rings. The zero-order valence-electron chi connectivity index (χ0n) is 17.3. The molecule has 4 aromatic rings. The smallest absolute Gasteiger partial charge is 0.267 e. The maximum Gasteiger partial charge on any atom is 0.267 e. The first-order chi connectivity index (χ1) is 15.1. The molecule has 0 bridgehead atoms. The fraction of sp³-hybridized carbons (Fsp3) is 0.292. The second-order valence-corrected chi connectivity index (χ2v) is 9.14. The topological polar surface area (TPSA) is 71.0 Å². The highest BCUT2D eigenvalue weighted by Gasteiger charge is 2.31. The molecule has 0 saturated carbocycles. The van der Waals surface area contributed by atoms with E-state index in [-0.39, 0.29) is 23.4 Å². The Labute approximate surface area is 184 Å². The van der Waals surface area contributed by atoms with Gasteiger partial charge in [-0.05, 0) is 41.5 Å². The lowest BCUT2D eigenvalue weighted by Gasteiger charge is -2.37. The Morgan fingerprint density at radius 3 is 2.87 bits per heavy atom. The zero-order chi connectivity index (χ0) is 21.4. The summed E-state index contributed by atoms with van der Waals surface area (Å²) < 4.78 is 1.63. The molecular weight excluding hydrogens is 408 g/mol. The van der Waals surface area contributed by atoms with E-state index in [1.54, 1.807) is 28.2 Å². The number of aromatic nitrogens is 3. The molecule has 6 nitrogen and oxygen atoms in total. The van der Waals surface area contributed by atoms with E-state index in [2.05, 4.69) is 17.0 Å². The number of nitrogens with one attached hydrogen (secondary N) is 1. The molecule has 1 saturated heterocycles. The molecule has 4 heterocycles. The van der Waals surface area contributed by atoms with Gasteiger partial charge in [0.2, 0.25) is 5.91 Å². The number of rotatable bonds is 4. The fourth-order valence-electron chi connectivity index (χ4n) is 4.49. The number of H-pyrrole nitrogens is 1. The van der Waals surface area contributed by atoms with E-state index in [1.807, 2.05) is 52.9 Å². The number of thiophene rings is 1. The van der Waals surface area contributed by atoms with Crippen LogP contribution in [-0.2, 0) is 11.2 Å². The summed E-state index contributed by atoms with van der Waals surface area (Å²) in [6.45, 7) is 3.36. The van der Waals surface area contributed by atoms with Gasteiger partial charge < -0.3 is 9.88 Å². The van der Waals surface area contributed by atoms with E-state index >= 15 is 0 Å². The third-order valence-corrected chi connectivity index (χ3v) is 7.03. The molecule has 1 amide bonds. The predicted octanol–water partition coefficient (Wildman–Crippen LogP) is 4.11. The Bertz CT molecular complexity index is 1270. The monoisotopic (exact) mass is 432 g/mol. The molecule has 31 heavy (non-hydrogen) atoms. The summed E-state index contributed by atoms with van der Waals surface area (Å²) in [5.41, 5.74) is 2.81. The highest BCUT2D eigenvalue weighted by atomic mass is 32.1. The third kappa shape index (κ3) is 3.81. The molecule has 0 radical (unpaired) electrons. The Morgan fingerprint density at radius 2 is 2.06 bits per heavy atom. The molecule has 1 N–H and O–H groups in total. The number of amides is 1. The van der Waals surface area contributed by atoms with Gasteiger partial charge >= 0.3 is 0 Å². The van der Waals surface area contributed by atoms with Gasteiger partial charge in [0.25, 0.3) is 5.56 Å². The van der Waals surface area contributed by atoms with Crippen LogP contribution in [0.25, 0.3) is 21.5 Å². The second kappa shape index (κ2) is 8.15. The van der Waals surface area contributed by atoms with Gasteiger partial charge in [0, 0.05) is 36.3 Å². The van der Waals surface area contributed by atoms with Crippen LogP contribution in [0.2, 0.25) is 0 Å². The fourth-order valence-corrected chi connectivity index (χ4v) is 5.18. The van der Waals surface area contributed by atoms with Crippen LogP contribution in [0, 0.1) is 5.92 Å². The van der Waals surface area contributed by atoms with E-state index in [4.69, 9.17) is 0 Å². The second-order valence-electron chi connectivity index (χ2n) is 8.19. The average Bonchev–Trinajstić information content (AvgIpc) is 3.45. The molecule has 2 atom stereocenters. The van der Waals surface area contributed by atoms with Crippen molar-refractivity contribution >= 4 is 28.1 Å². The van der Waals surface area contributed by atoms with Gasteiger partial charge in [-0.3, -0.25) is 9.59 Å². The Morgan fingerprint density at radius 1 is 1.19 bits per heavy atom. The molecule has 1 aliphatic heterocycles. The van der Waals surface area contributed by atoms with Crippen molar-refractivity contribution in [2.75, 3.05) is 13.1 Å². The average molecular weight is 433 g/mol. The van der Waals surface area contributed by atoms with Crippen LogP contribution < -0.4 is 5.56 Å². The van der Waals surface area contributed by atoms with Crippen molar-refractivity contribution in [2.24, 2.45) is 5.92 Å². The highest BCUT2D eigenvalue weighted by Crippen LogP contribution is 2.29. The molecule has 158 valence electrons. The molecule has 0 unspecified atom stereocenters. The normalized spacial score (nSPS) is 19.1. The summed E-state index contributed by atoms with van der Waals surface area (Å²) in [7, 11) is 0. The number of hydrogen-bond donors (Lipinski definition) is 1. The van der Waals surface area contributed by atoms with Crippen LogP contribution in [0.5, 0.6) is 0 Å². The third-order valence-electron chi connectivity index (χ3n) is 6.14. The minimum atomic E-state index is -0.0873. The van der Waals surface area contributed by atoms with Crippen molar-refractivity contribution in [3.8, 4) is 10.6 Å². The number of hydrogen-bond acceptors (Lipinski definition) is 4. The number of carbonyl (C=O) groups excluding carboxylic acids is 1. The van der Waals surface area contributed by atoms with E-state index in [0.29, 0.717) is 19.5 Å². The predicted molar refractivity (Wildman–Crippen MR) is 123 cm³/mol. The molecule has 0 spiro atoms. The van der Waals surface area contributed by atoms with E-state index in [9.17, 15) is 9.59 Å². The molecule has 7 heteroatoms. The van der Waals surface area contributed by atoms with Gasteiger partial charge in [-0.1, -0.05) is 31.2 Å².